The van der Waals surface area contributed by atoms with E-state index in [0.717, 1.165) is 0 Å². The van der Waals surface area contributed by atoms with Crippen LogP contribution in [0.15, 0.2) is 0 Å². The molecule has 0 aromatic carbocycles. The summed E-state index contributed by atoms with van der Waals surface area (Å²) in [4.78, 5) is 11.9. The molecule has 8 heteroatoms. The Labute approximate surface area is 147 Å². The molecule has 144 valence electrons. The Hall–Kier alpha value is -0.770. The normalized spacial score (nSPS) is 39.8. The first-order valence-corrected chi connectivity index (χ1v) is 8.73. The van der Waals surface area contributed by atoms with E-state index in [-0.39, 0.29) is 12.5 Å². The average Bonchev–Trinajstić information content (AvgIpc) is 2.92. The Kier molecular flexibility index (Phi) is 4.89. The van der Waals surface area contributed by atoms with Crippen molar-refractivity contribution in [2.45, 2.75) is 102 Å². The predicted octanol–water partition coefficient (Wildman–Crippen LogP) is 1.09. The monoisotopic (exact) mass is 360 g/mol. The molecular formula is C17H28O8. The lowest BCUT2D eigenvalue weighted by Crippen LogP contribution is -2.56. The molecule has 8 nitrogen and oxygen atoms in total. The molecule has 0 saturated carbocycles. The first-order chi connectivity index (χ1) is 11.5. The number of ether oxygens (including phenoxy) is 6. The lowest BCUT2D eigenvalue weighted by Gasteiger charge is -2.37. The second kappa shape index (κ2) is 6.44. The summed E-state index contributed by atoms with van der Waals surface area (Å²) < 4.78 is 34.7. The molecule has 0 radical (unpaired) electrons. The van der Waals surface area contributed by atoms with Crippen LogP contribution in [0.2, 0.25) is 0 Å². The van der Waals surface area contributed by atoms with Crippen molar-refractivity contribution in [1.82, 2.24) is 0 Å². The van der Waals surface area contributed by atoms with Crippen molar-refractivity contribution in [3.8, 4) is 0 Å². The molecular weight excluding hydrogens is 332 g/mol. The predicted molar refractivity (Wildman–Crippen MR) is 84.4 cm³/mol. The van der Waals surface area contributed by atoms with Gasteiger partial charge >= 0.3 is 5.97 Å². The average molecular weight is 360 g/mol. The van der Waals surface area contributed by atoms with Crippen molar-refractivity contribution in [3.05, 3.63) is 0 Å². The quantitative estimate of drug-likeness (QED) is 0.745. The van der Waals surface area contributed by atoms with Crippen LogP contribution < -0.4 is 0 Å². The van der Waals surface area contributed by atoms with Crippen LogP contribution in [-0.4, -0.2) is 65.6 Å². The van der Waals surface area contributed by atoms with Crippen LogP contribution in [0.1, 0.15) is 48.0 Å². The lowest BCUT2D eigenvalue weighted by molar-refractivity contribution is -0.239. The highest BCUT2D eigenvalue weighted by Crippen LogP contribution is 2.44. The molecule has 6 atom stereocenters. The maximum absolute atomic E-state index is 11.9. The molecule has 25 heavy (non-hydrogen) atoms. The Balaban J connectivity index is 1.74. The highest BCUT2D eigenvalue weighted by Gasteiger charge is 2.60. The first kappa shape index (κ1) is 19.0. The van der Waals surface area contributed by atoms with E-state index >= 15 is 0 Å². The van der Waals surface area contributed by atoms with Gasteiger partial charge in [-0.1, -0.05) is 0 Å². The van der Waals surface area contributed by atoms with E-state index < -0.39 is 54.4 Å². The number of aliphatic hydroxyl groups excluding tert-OH is 1. The molecule has 3 rings (SSSR count). The van der Waals surface area contributed by atoms with E-state index in [9.17, 15) is 9.90 Å². The fourth-order valence-electron chi connectivity index (χ4n) is 3.51. The van der Waals surface area contributed by atoms with Crippen molar-refractivity contribution in [2.24, 2.45) is 0 Å². The van der Waals surface area contributed by atoms with Gasteiger partial charge in [-0.25, -0.2) is 4.79 Å². The summed E-state index contributed by atoms with van der Waals surface area (Å²) in [5.74, 6) is -2.30. The minimum Gasteiger partial charge on any atom is -0.461 e. The summed E-state index contributed by atoms with van der Waals surface area (Å²) in [6.07, 6.45) is -4.13. The number of carbonyl (C=O) groups excluding carboxylic acids is 1. The van der Waals surface area contributed by atoms with Gasteiger partial charge in [-0.15, -0.1) is 0 Å². The highest BCUT2D eigenvalue weighted by molar-refractivity contribution is 5.74. The van der Waals surface area contributed by atoms with Gasteiger partial charge in [-0.3, -0.25) is 0 Å². The standard InChI is InChI=1S/C17H28O8/c1-8(2)20-14(19)9(18)7-10-11-12(23-16(3,4)22-11)13-15(21-10)25-17(5,6)24-13/h8-13,15,18H,7H2,1-6H3/t9-,10-,11+,12+,13-,15-/m1/s1. The van der Waals surface area contributed by atoms with E-state index in [0.29, 0.717) is 0 Å². The number of fused-ring (bicyclic) bond motifs is 3. The molecule has 0 unspecified atom stereocenters. The van der Waals surface area contributed by atoms with Gasteiger partial charge in [0, 0.05) is 6.42 Å². The largest absolute Gasteiger partial charge is 0.461 e. The Morgan fingerprint density at radius 3 is 2.20 bits per heavy atom. The van der Waals surface area contributed by atoms with E-state index in [2.05, 4.69) is 0 Å². The van der Waals surface area contributed by atoms with Crippen molar-refractivity contribution >= 4 is 5.97 Å². The smallest absolute Gasteiger partial charge is 0.335 e. The van der Waals surface area contributed by atoms with Crippen LogP contribution in [0.5, 0.6) is 0 Å². The van der Waals surface area contributed by atoms with Crippen molar-refractivity contribution in [3.63, 3.8) is 0 Å². The van der Waals surface area contributed by atoms with Gasteiger partial charge in [0.2, 0.25) is 0 Å². The Morgan fingerprint density at radius 2 is 1.56 bits per heavy atom. The zero-order valence-electron chi connectivity index (χ0n) is 15.6. The SMILES string of the molecule is CC(C)OC(=O)[C@H](O)C[C@H]1O[C@@H]2OC(C)(C)O[C@@H]2[C@H]2OC(C)(C)O[C@H]21. The number of carbonyl (C=O) groups is 1. The minimum atomic E-state index is -1.31. The summed E-state index contributed by atoms with van der Waals surface area (Å²) >= 11 is 0. The zero-order chi connectivity index (χ0) is 18.6. The van der Waals surface area contributed by atoms with Gasteiger partial charge in [-0.2, -0.15) is 0 Å². The molecule has 0 aliphatic carbocycles. The summed E-state index contributed by atoms with van der Waals surface area (Å²) in [6, 6.07) is 0. The van der Waals surface area contributed by atoms with Crippen LogP contribution in [0.3, 0.4) is 0 Å². The maximum atomic E-state index is 11.9. The molecule has 0 bridgehead atoms. The summed E-state index contributed by atoms with van der Waals surface area (Å²) in [5, 5.41) is 10.2. The van der Waals surface area contributed by atoms with E-state index in [1.807, 2.05) is 13.8 Å². The van der Waals surface area contributed by atoms with Crippen LogP contribution >= 0.6 is 0 Å². The summed E-state index contributed by atoms with van der Waals surface area (Å²) in [6.45, 7) is 10.7. The Morgan fingerprint density at radius 1 is 1.00 bits per heavy atom. The van der Waals surface area contributed by atoms with Crippen LogP contribution in [0.25, 0.3) is 0 Å². The topological polar surface area (TPSA) is 92.7 Å². The fraction of sp³-hybridized carbons (Fsp3) is 0.941. The summed E-state index contributed by atoms with van der Waals surface area (Å²) in [5.41, 5.74) is 0. The maximum Gasteiger partial charge on any atom is 0.335 e. The molecule has 0 amide bonds. The fourth-order valence-corrected chi connectivity index (χ4v) is 3.51. The van der Waals surface area contributed by atoms with Gasteiger partial charge in [0.25, 0.3) is 0 Å². The molecule has 1 N–H and O–H groups in total. The van der Waals surface area contributed by atoms with Gasteiger partial charge in [0.1, 0.15) is 18.3 Å². The van der Waals surface area contributed by atoms with Gasteiger partial charge in [0.05, 0.1) is 12.2 Å². The second-order valence-electron chi connectivity index (χ2n) is 7.94. The third-order valence-corrected chi connectivity index (χ3v) is 4.33. The van der Waals surface area contributed by atoms with E-state index in [1.165, 1.54) is 0 Å². The molecule has 3 heterocycles. The van der Waals surface area contributed by atoms with Gasteiger partial charge in [0.15, 0.2) is 24.0 Å². The van der Waals surface area contributed by atoms with Crippen LogP contribution in [0.4, 0.5) is 0 Å². The third kappa shape index (κ3) is 3.99. The summed E-state index contributed by atoms with van der Waals surface area (Å²) in [7, 11) is 0. The Bertz CT molecular complexity index is 517. The van der Waals surface area contributed by atoms with Crippen LogP contribution in [0, 0.1) is 0 Å². The number of hydrogen-bond acceptors (Lipinski definition) is 8. The van der Waals surface area contributed by atoms with Gasteiger partial charge < -0.3 is 33.5 Å². The molecule has 3 saturated heterocycles. The first-order valence-electron chi connectivity index (χ1n) is 8.73. The highest BCUT2D eigenvalue weighted by atomic mass is 16.9. The third-order valence-electron chi connectivity index (χ3n) is 4.33. The molecule has 0 aromatic rings. The molecule has 3 fully saturated rings. The molecule has 0 aromatic heterocycles. The van der Waals surface area contributed by atoms with E-state index in [1.54, 1.807) is 27.7 Å². The lowest BCUT2D eigenvalue weighted by atomic mass is 9.95. The second-order valence-corrected chi connectivity index (χ2v) is 7.94. The number of hydrogen-bond donors (Lipinski definition) is 1. The number of rotatable bonds is 4. The minimum absolute atomic E-state index is 0.0270. The number of aliphatic hydroxyl groups is 1. The van der Waals surface area contributed by atoms with Crippen molar-refractivity contribution < 1.29 is 38.3 Å². The molecule has 0 spiro atoms. The van der Waals surface area contributed by atoms with Gasteiger partial charge in [-0.05, 0) is 41.5 Å². The number of esters is 1. The zero-order valence-corrected chi connectivity index (χ0v) is 15.6. The molecule has 3 aliphatic heterocycles. The van der Waals surface area contributed by atoms with Crippen molar-refractivity contribution in [2.75, 3.05) is 0 Å². The van der Waals surface area contributed by atoms with E-state index in [4.69, 9.17) is 28.4 Å². The van der Waals surface area contributed by atoms with Crippen LogP contribution in [-0.2, 0) is 33.2 Å². The molecule has 3 aliphatic rings. The van der Waals surface area contributed by atoms with Crippen molar-refractivity contribution in [1.29, 1.82) is 0 Å².